The Labute approximate surface area is 110 Å². The van der Waals surface area contributed by atoms with Crippen molar-refractivity contribution < 1.29 is 17.9 Å². The van der Waals surface area contributed by atoms with Gasteiger partial charge in [0, 0.05) is 6.92 Å². The molecule has 0 radical (unpaired) electrons. The Kier molecular flexibility index (Phi) is 3.62. The largest absolute Gasteiger partial charge is 0.425 e. The average Bonchev–Trinajstić information content (AvgIpc) is 2.40. The SMILES string of the molecule is CC(=O)Oc1ccc(S(=O)(=O)c2ccccc2)nc1. The minimum Gasteiger partial charge on any atom is -0.425 e. The lowest BCUT2D eigenvalue weighted by Crippen LogP contribution is -2.06. The predicted octanol–water partition coefficient (Wildman–Crippen LogP) is 1.84. The van der Waals surface area contributed by atoms with Gasteiger partial charge in [0.15, 0.2) is 5.03 Å². The van der Waals surface area contributed by atoms with Gasteiger partial charge in [-0.05, 0) is 24.3 Å². The van der Waals surface area contributed by atoms with E-state index < -0.39 is 15.8 Å². The number of carbonyl (C=O) groups excluding carboxylic acids is 1. The molecule has 0 saturated carbocycles. The van der Waals surface area contributed by atoms with Crippen molar-refractivity contribution >= 4 is 15.8 Å². The van der Waals surface area contributed by atoms with Gasteiger partial charge in [-0.2, -0.15) is 0 Å². The van der Waals surface area contributed by atoms with Gasteiger partial charge in [-0.3, -0.25) is 4.79 Å². The van der Waals surface area contributed by atoms with E-state index >= 15 is 0 Å². The van der Waals surface area contributed by atoms with Gasteiger partial charge in [0.25, 0.3) is 0 Å². The number of benzene rings is 1. The lowest BCUT2D eigenvalue weighted by molar-refractivity contribution is -0.131. The fourth-order valence-electron chi connectivity index (χ4n) is 1.47. The molecule has 2 aromatic rings. The van der Waals surface area contributed by atoms with E-state index in [9.17, 15) is 13.2 Å². The molecule has 0 saturated heterocycles. The van der Waals surface area contributed by atoms with Crippen molar-refractivity contribution in [3.8, 4) is 5.75 Å². The number of aromatic nitrogens is 1. The first-order valence-electron chi connectivity index (χ1n) is 5.45. The van der Waals surface area contributed by atoms with E-state index in [0.717, 1.165) is 0 Å². The number of sulfone groups is 1. The van der Waals surface area contributed by atoms with Crippen molar-refractivity contribution in [1.29, 1.82) is 0 Å². The van der Waals surface area contributed by atoms with Crippen LogP contribution in [0.2, 0.25) is 0 Å². The molecule has 0 aliphatic rings. The lowest BCUT2D eigenvalue weighted by Gasteiger charge is -2.04. The smallest absolute Gasteiger partial charge is 0.308 e. The maximum atomic E-state index is 12.2. The van der Waals surface area contributed by atoms with Crippen LogP contribution in [-0.2, 0) is 14.6 Å². The summed E-state index contributed by atoms with van der Waals surface area (Å²) in [4.78, 5) is 14.7. The number of rotatable bonds is 3. The molecule has 0 fully saturated rings. The second-order valence-corrected chi connectivity index (χ2v) is 5.64. The van der Waals surface area contributed by atoms with Crippen LogP contribution >= 0.6 is 0 Å². The highest BCUT2D eigenvalue weighted by molar-refractivity contribution is 7.91. The molecule has 0 atom stereocenters. The van der Waals surface area contributed by atoms with Gasteiger partial charge in [0.05, 0.1) is 11.1 Å². The number of hydrogen-bond donors (Lipinski definition) is 0. The van der Waals surface area contributed by atoms with Gasteiger partial charge in [-0.25, -0.2) is 13.4 Å². The van der Waals surface area contributed by atoms with Crippen molar-refractivity contribution in [2.75, 3.05) is 0 Å². The van der Waals surface area contributed by atoms with Crippen LogP contribution in [0.25, 0.3) is 0 Å². The Morgan fingerprint density at radius 2 is 1.79 bits per heavy atom. The van der Waals surface area contributed by atoms with E-state index in [4.69, 9.17) is 4.74 Å². The molecule has 6 heteroatoms. The van der Waals surface area contributed by atoms with E-state index in [2.05, 4.69) is 4.98 Å². The molecule has 0 bridgehead atoms. The summed E-state index contributed by atoms with van der Waals surface area (Å²) in [6.07, 6.45) is 1.21. The van der Waals surface area contributed by atoms with Gasteiger partial charge in [0.1, 0.15) is 5.75 Å². The Balaban J connectivity index is 2.35. The highest BCUT2D eigenvalue weighted by Crippen LogP contribution is 2.20. The Hall–Kier alpha value is -2.21. The normalized spacial score (nSPS) is 11.0. The molecule has 0 aliphatic heterocycles. The predicted molar refractivity (Wildman–Crippen MR) is 67.4 cm³/mol. The molecule has 0 spiro atoms. The number of nitrogens with zero attached hydrogens (tertiary/aromatic N) is 1. The number of hydrogen-bond acceptors (Lipinski definition) is 5. The molecule has 0 aliphatic carbocycles. The second kappa shape index (κ2) is 5.19. The van der Waals surface area contributed by atoms with Crippen molar-refractivity contribution in [3.63, 3.8) is 0 Å². The summed E-state index contributed by atoms with van der Waals surface area (Å²) in [5, 5.41) is -0.0883. The maximum absolute atomic E-state index is 12.2. The third-order valence-electron chi connectivity index (χ3n) is 2.30. The summed E-state index contributed by atoms with van der Waals surface area (Å²) in [5.41, 5.74) is 0. The summed E-state index contributed by atoms with van der Waals surface area (Å²) < 4.78 is 29.2. The summed E-state index contributed by atoms with van der Waals surface area (Å²) in [6, 6.07) is 10.7. The lowest BCUT2D eigenvalue weighted by atomic mass is 10.4. The van der Waals surface area contributed by atoms with Crippen LogP contribution in [0.15, 0.2) is 58.6 Å². The quantitative estimate of drug-likeness (QED) is 0.800. The van der Waals surface area contributed by atoms with Crippen LogP contribution < -0.4 is 4.74 Å². The van der Waals surface area contributed by atoms with Gasteiger partial charge in [0.2, 0.25) is 9.84 Å². The first kappa shape index (κ1) is 13.2. The molecule has 19 heavy (non-hydrogen) atoms. The number of ether oxygens (including phenoxy) is 1. The van der Waals surface area contributed by atoms with Gasteiger partial charge in [-0.15, -0.1) is 0 Å². The topological polar surface area (TPSA) is 73.3 Å². The minimum atomic E-state index is -3.64. The van der Waals surface area contributed by atoms with Crippen molar-refractivity contribution in [2.45, 2.75) is 16.8 Å². The highest BCUT2D eigenvalue weighted by Gasteiger charge is 2.18. The van der Waals surface area contributed by atoms with Crippen LogP contribution in [0.5, 0.6) is 5.75 Å². The summed E-state index contributed by atoms with van der Waals surface area (Å²) in [6.45, 7) is 1.26. The molecule has 98 valence electrons. The van der Waals surface area contributed by atoms with Crippen LogP contribution in [0.3, 0.4) is 0 Å². The molecule has 2 rings (SSSR count). The second-order valence-electron chi connectivity index (χ2n) is 3.74. The number of esters is 1. The van der Waals surface area contributed by atoms with Crippen molar-refractivity contribution in [2.24, 2.45) is 0 Å². The van der Waals surface area contributed by atoms with E-state index in [-0.39, 0.29) is 15.7 Å². The number of pyridine rings is 1. The molecule has 0 unspecified atom stereocenters. The molecule has 5 nitrogen and oxygen atoms in total. The first-order valence-corrected chi connectivity index (χ1v) is 6.93. The van der Waals surface area contributed by atoms with Crippen LogP contribution in [0, 0.1) is 0 Å². The van der Waals surface area contributed by atoms with Gasteiger partial charge < -0.3 is 4.74 Å². The molecular weight excluding hydrogens is 266 g/mol. The van der Waals surface area contributed by atoms with E-state index in [1.807, 2.05) is 0 Å². The minimum absolute atomic E-state index is 0.0883. The third-order valence-corrected chi connectivity index (χ3v) is 3.98. The van der Waals surface area contributed by atoms with E-state index in [1.54, 1.807) is 18.2 Å². The third kappa shape index (κ3) is 2.97. The molecular formula is C13H11NO4S. The number of carbonyl (C=O) groups is 1. The summed E-state index contributed by atoms with van der Waals surface area (Å²) >= 11 is 0. The molecule has 1 aromatic heterocycles. The monoisotopic (exact) mass is 277 g/mol. The molecule has 0 amide bonds. The van der Waals surface area contributed by atoms with Crippen LogP contribution in [-0.4, -0.2) is 19.4 Å². The van der Waals surface area contributed by atoms with E-state index in [1.165, 1.54) is 37.4 Å². The zero-order valence-corrected chi connectivity index (χ0v) is 10.9. The average molecular weight is 277 g/mol. The molecule has 0 N–H and O–H groups in total. The highest BCUT2D eigenvalue weighted by atomic mass is 32.2. The van der Waals surface area contributed by atoms with Gasteiger partial charge >= 0.3 is 5.97 Å². The van der Waals surface area contributed by atoms with Gasteiger partial charge in [-0.1, -0.05) is 18.2 Å². The van der Waals surface area contributed by atoms with Crippen LogP contribution in [0.4, 0.5) is 0 Å². The summed E-state index contributed by atoms with van der Waals surface area (Å²) in [5.74, 6) is -0.278. The molecule has 1 aromatic carbocycles. The Morgan fingerprint density at radius 1 is 1.11 bits per heavy atom. The standard InChI is InChI=1S/C13H11NO4S/c1-10(15)18-11-7-8-13(14-9-11)19(16,17)12-5-3-2-4-6-12/h2-9H,1H3. The Morgan fingerprint density at radius 3 is 2.32 bits per heavy atom. The van der Waals surface area contributed by atoms with E-state index in [0.29, 0.717) is 0 Å². The fourth-order valence-corrected chi connectivity index (χ4v) is 2.67. The van der Waals surface area contributed by atoms with Crippen LogP contribution in [0.1, 0.15) is 6.92 Å². The fraction of sp³-hybridized carbons (Fsp3) is 0.0769. The molecule has 1 heterocycles. The first-order chi connectivity index (χ1) is 9.00. The van der Waals surface area contributed by atoms with Crippen molar-refractivity contribution in [1.82, 2.24) is 4.98 Å². The zero-order chi connectivity index (χ0) is 13.9. The Bertz CT molecular complexity index is 678. The zero-order valence-electron chi connectivity index (χ0n) is 10.1. The van der Waals surface area contributed by atoms with Crippen molar-refractivity contribution in [3.05, 3.63) is 48.7 Å². The maximum Gasteiger partial charge on any atom is 0.308 e. The summed E-state index contributed by atoms with van der Waals surface area (Å²) in [7, 11) is -3.64.